The molecular weight excluding hydrogens is 424 g/mol. The predicted molar refractivity (Wildman–Crippen MR) is 118 cm³/mol. The lowest BCUT2D eigenvalue weighted by atomic mass is 9.99. The molecule has 1 aromatic carbocycles. The van der Waals surface area contributed by atoms with Crippen molar-refractivity contribution in [2.45, 2.75) is 26.3 Å². The third kappa shape index (κ3) is 4.96. The number of likely N-dealkylation sites (tertiary alicyclic amines) is 1. The van der Waals surface area contributed by atoms with Gasteiger partial charge in [-0.1, -0.05) is 24.8 Å². The predicted octanol–water partition coefficient (Wildman–Crippen LogP) is 0.516. The number of benzene rings is 1. The number of furan rings is 1. The summed E-state index contributed by atoms with van der Waals surface area (Å²) in [4.78, 5) is 28.8. The monoisotopic (exact) mass is 454 g/mol. The average molecular weight is 455 g/mol. The number of nitrogens with zero attached hydrogens (tertiary/aromatic N) is 1. The van der Waals surface area contributed by atoms with Gasteiger partial charge in [0.05, 0.1) is 32.9 Å². The van der Waals surface area contributed by atoms with Crippen LogP contribution in [0.4, 0.5) is 0 Å². The van der Waals surface area contributed by atoms with E-state index in [1.807, 2.05) is 6.92 Å². The molecule has 1 aromatic heterocycles. The second-order valence-electron chi connectivity index (χ2n) is 8.41. The molecule has 3 heterocycles. The highest BCUT2D eigenvalue weighted by Crippen LogP contribution is 2.39. The number of nitrogens with one attached hydrogen (secondary N) is 1. The highest BCUT2D eigenvalue weighted by Gasteiger charge is 2.46. The summed E-state index contributed by atoms with van der Waals surface area (Å²) < 4.78 is 16.8. The van der Waals surface area contributed by atoms with Gasteiger partial charge in [-0.15, -0.1) is 0 Å². The zero-order valence-corrected chi connectivity index (χ0v) is 19.1. The van der Waals surface area contributed by atoms with Crippen LogP contribution in [0.5, 0.6) is 5.75 Å². The number of hydrogen-bond donors (Lipinski definition) is 1. The van der Waals surface area contributed by atoms with Crippen LogP contribution in [0, 0.1) is 6.92 Å². The van der Waals surface area contributed by atoms with Crippen molar-refractivity contribution in [2.75, 3.05) is 46.0 Å². The van der Waals surface area contributed by atoms with Gasteiger partial charge < -0.3 is 28.8 Å². The average Bonchev–Trinajstić information content (AvgIpc) is 3.37. The molecule has 176 valence electrons. The molecule has 0 aliphatic carbocycles. The van der Waals surface area contributed by atoms with Crippen molar-refractivity contribution in [3.8, 4) is 5.75 Å². The Morgan fingerprint density at radius 3 is 2.52 bits per heavy atom. The third-order valence-corrected chi connectivity index (χ3v) is 6.06. The molecule has 0 bridgehead atoms. The van der Waals surface area contributed by atoms with Gasteiger partial charge in [0.15, 0.2) is 0 Å². The van der Waals surface area contributed by atoms with Crippen LogP contribution >= 0.6 is 0 Å². The van der Waals surface area contributed by atoms with Gasteiger partial charge in [-0.25, -0.2) is 0 Å². The number of carbonyl (C=O) groups is 2. The Balaban J connectivity index is 1.65. The Morgan fingerprint density at radius 2 is 1.88 bits per heavy atom. The number of Topliss-reactive ketones (excluding diaryl/α,β-unsaturated/α-hetero) is 1. The number of ether oxygens (including phenoxy) is 2. The Kier molecular flexibility index (Phi) is 7.15. The van der Waals surface area contributed by atoms with Crippen LogP contribution < -0.4 is 14.7 Å². The largest absolute Gasteiger partial charge is 0.872 e. The van der Waals surface area contributed by atoms with E-state index in [0.717, 1.165) is 19.5 Å². The van der Waals surface area contributed by atoms with Crippen molar-refractivity contribution >= 4 is 17.4 Å². The van der Waals surface area contributed by atoms with E-state index >= 15 is 0 Å². The zero-order valence-electron chi connectivity index (χ0n) is 19.1. The summed E-state index contributed by atoms with van der Waals surface area (Å²) in [6.07, 6.45) is 0.876. The maximum atomic E-state index is 13.4. The summed E-state index contributed by atoms with van der Waals surface area (Å²) in [6, 6.07) is 9.34. The van der Waals surface area contributed by atoms with Gasteiger partial charge in [0.25, 0.3) is 5.91 Å². The van der Waals surface area contributed by atoms with Crippen LogP contribution in [0.1, 0.15) is 36.5 Å². The van der Waals surface area contributed by atoms with E-state index in [4.69, 9.17) is 13.9 Å². The van der Waals surface area contributed by atoms with E-state index in [0.29, 0.717) is 55.7 Å². The molecule has 4 rings (SSSR count). The molecule has 2 aliphatic rings. The van der Waals surface area contributed by atoms with Crippen molar-refractivity contribution in [3.05, 3.63) is 59.1 Å². The number of ketones is 1. The lowest BCUT2D eigenvalue weighted by molar-refractivity contribution is -0.907. The van der Waals surface area contributed by atoms with E-state index < -0.39 is 23.5 Å². The maximum absolute atomic E-state index is 13.4. The first-order valence-corrected chi connectivity index (χ1v) is 11.5. The van der Waals surface area contributed by atoms with Gasteiger partial charge in [0, 0.05) is 5.57 Å². The summed E-state index contributed by atoms with van der Waals surface area (Å²) in [5.41, 5.74) is 0.275. The molecular formula is C25H30N2O6. The number of rotatable bonds is 8. The summed E-state index contributed by atoms with van der Waals surface area (Å²) >= 11 is 0. The van der Waals surface area contributed by atoms with E-state index in [-0.39, 0.29) is 5.57 Å². The van der Waals surface area contributed by atoms with Crippen LogP contribution in [0.3, 0.4) is 0 Å². The molecule has 0 spiro atoms. The van der Waals surface area contributed by atoms with E-state index in [9.17, 15) is 14.7 Å². The lowest BCUT2D eigenvalue weighted by Gasteiger charge is -2.29. The van der Waals surface area contributed by atoms with Gasteiger partial charge in [0.1, 0.15) is 36.4 Å². The van der Waals surface area contributed by atoms with Gasteiger partial charge in [-0.3, -0.25) is 9.59 Å². The minimum Gasteiger partial charge on any atom is -0.872 e. The molecule has 1 N–H and O–H groups in total. The van der Waals surface area contributed by atoms with Crippen LogP contribution in [-0.2, 0) is 14.3 Å². The first-order valence-electron chi connectivity index (χ1n) is 11.5. The number of morpholine rings is 1. The fourth-order valence-corrected chi connectivity index (χ4v) is 4.26. The van der Waals surface area contributed by atoms with Gasteiger partial charge in [-0.05, 0) is 43.2 Å². The van der Waals surface area contributed by atoms with Crippen LogP contribution in [0.2, 0.25) is 0 Å². The second-order valence-corrected chi connectivity index (χ2v) is 8.41. The quantitative estimate of drug-likeness (QED) is 0.355. The van der Waals surface area contributed by atoms with Crippen LogP contribution in [-0.4, -0.2) is 62.6 Å². The first-order chi connectivity index (χ1) is 16.0. The maximum Gasteiger partial charge on any atom is 0.295 e. The Hall–Kier alpha value is -3.10. The molecule has 0 radical (unpaired) electrons. The molecule has 2 aromatic rings. The fraction of sp³-hybridized carbons (Fsp3) is 0.440. The second kappa shape index (κ2) is 10.2. The molecule has 2 fully saturated rings. The molecule has 8 heteroatoms. The van der Waals surface area contributed by atoms with Gasteiger partial charge >= 0.3 is 0 Å². The smallest absolute Gasteiger partial charge is 0.295 e. The molecule has 33 heavy (non-hydrogen) atoms. The first kappa shape index (κ1) is 23.1. The van der Waals surface area contributed by atoms with Crippen molar-refractivity contribution in [2.24, 2.45) is 0 Å². The SMILES string of the molecule is CCCOc1ccc(C([O-])=C2C(=O)C(=O)N(CC[NH+]3CCOCC3)C2c2ccc(C)o2)cc1. The van der Waals surface area contributed by atoms with E-state index in [1.165, 1.54) is 9.80 Å². The fourth-order valence-electron chi connectivity index (χ4n) is 4.26. The van der Waals surface area contributed by atoms with Crippen LogP contribution in [0.15, 0.2) is 46.4 Å². The van der Waals surface area contributed by atoms with Crippen molar-refractivity contribution in [1.29, 1.82) is 0 Å². The molecule has 2 saturated heterocycles. The number of carbonyl (C=O) groups excluding carboxylic acids is 2. The minimum absolute atomic E-state index is 0.0615. The number of amides is 1. The molecule has 0 saturated carbocycles. The molecule has 1 amide bonds. The number of hydrogen-bond acceptors (Lipinski definition) is 6. The Labute approximate surface area is 193 Å². The summed E-state index contributed by atoms with van der Waals surface area (Å²) in [5.74, 6) is -0.152. The third-order valence-electron chi connectivity index (χ3n) is 6.06. The minimum atomic E-state index is -0.831. The number of aryl methyl sites for hydroxylation is 1. The lowest BCUT2D eigenvalue weighted by Crippen LogP contribution is -3.14. The molecule has 2 aliphatic heterocycles. The van der Waals surface area contributed by atoms with Gasteiger partial charge in [-0.2, -0.15) is 0 Å². The van der Waals surface area contributed by atoms with E-state index in [2.05, 4.69) is 0 Å². The topological polar surface area (TPSA) is 96.5 Å². The Bertz CT molecular complexity index is 1020. The molecule has 1 atom stereocenters. The highest BCUT2D eigenvalue weighted by molar-refractivity contribution is 6.46. The summed E-state index contributed by atoms with van der Waals surface area (Å²) in [5, 5.41) is 13.4. The summed E-state index contributed by atoms with van der Waals surface area (Å²) in [6.45, 7) is 8.46. The standard InChI is InChI=1S/C25H30N2O6/c1-3-14-32-19-7-5-18(6-8-19)23(28)21-22(20-9-4-17(2)33-20)27(25(30)24(21)29)11-10-26-12-15-31-16-13-26/h4-9,22,28H,3,10-16H2,1-2H3. The molecule has 1 unspecified atom stereocenters. The molecule has 8 nitrogen and oxygen atoms in total. The van der Waals surface area contributed by atoms with Crippen LogP contribution in [0.25, 0.3) is 5.76 Å². The summed E-state index contributed by atoms with van der Waals surface area (Å²) in [7, 11) is 0. The van der Waals surface area contributed by atoms with Crippen molar-refractivity contribution in [3.63, 3.8) is 0 Å². The van der Waals surface area contributed by atoms with E-state index in [1.54, 1.807) is 43.3 Å². The van der Waals surface area contributed by atoms with Crippen molar-refractivity contribution in [1.82, 2.24) is 4.90 Å². The zero-order chi connectivity index (χ0) is 23.4. The van der Waals surface area contributed by atoms with Crippen molar-refractivity contribution < 1.29 is 33.5 Å². The normalized spacial score (nSPS) is 21.0. The van der Waals surface area contributed by atoms with Gasteiger partial charge in [0.2, 0.25) is 5.78 Å². The highest BCUT2D eigenvalue weighted by atomic mass is 16.5. The number of quaternary nitrogens is 1. The Morgan fingerprint density at radius 1 is 1.15 bits per heavy atom.